The van der Waals surface area contributed by atoms with Crippen molar-refractivity contribution in [3.05, 3.63) is 70.7 Å². The van der Waals surface area contributed by atoms with E-state index in [0.29, 0.717) is 11.3 Å². The molecule has 0 bridgehead atoms. The van der Waals surface area contributed by atoms with Crippen LogP contribution in [-0.2, 0) is 4.74 Å². The Balaban J connectivity index is 2.06. The molecular weight excluding hydrogens is 396 g/mol. The van der Waals surface area contributed by atoms with Crippen LogP contribution in [0.3, 0.4) is 0 Å². The molecule has 0 aromatic heterocycles. The summed E-state index contributed by atoms with van der Waals surface area (Å²) in [5.41, 5.74) is 2.91. The predicted octanol–water partition coefficient (Wildman–Crippen LogP) is 5.81. The van der Waals surface area contributed by atoms with Crippen molar-refractivity contribution in [1.29, 1.82) is 10.5 Å². The van der Waals surface area contributed by atoms with E-state index >= 15 is 0 Å². The van der Waals surface area contributed by atoms with E-state index in [4.69, 9.17) is 4.74 Å². The highest BCUT2D eigenvalue weighted by molar-refractivity contribution is 5.59. The lowest BCUT2D eigenvalue weighted by Crippen LogP contribution is -2.23. The summed E-state index contributed by atoms with van der Waals surface area (Å²) in [6.07, 6.45) is 11.5. The first-order chi connectivity index (χ1) is 15.5. The van der Waals surface area contributed by atoms with Crippen molar-refractivity contribution in [2.45, 2.75) is 39.5 Å². The lowest BCUT2D eigenvalue weighted by atomic mass is 10.0. The molecule has 0 N–H and O–H groups in total. The Hall–Kier alpha value is -3.28. The van der Waals surface area contributed by atoms with E-state index in [1.807, 2.05) is 44.5 Å². The SMILES string of the molecule is CCN(CC)CCCCCC1=CC(=C(C#N)C#N)C=C(/C=C/c2ccc(N(C)C)cc2)O1. The number of hydrogen-bond donors (Lipinski definition) is 0. The van der Waals surface area contributed by atoms with Gasteiger partial charge in [-0.3, -0.25) is 0 Å². The van der Waals surface area contributed by atoms with Gasteiger partial charge in [-0.1, -0.05) is 38.5 Å². The van der Waals surface area contributed by atoms with Crippen molar-refractivity contribution in [3.63, 3.8) is 0 Å². The highest BCUT2D eigenvalue weighted by Crippen LogP contribution is 2.26. The van der Waals surface area contributed by atoms with E-state index in [0.717, 1.165) is 62.3 Å². The second-order valence-electron chi connectivity index (χ2n) is 7.97. The largest absolute Gasteiger partial charge is 0.462 e. The third-order valence-electron chi connectivity index (χ3n) is 5.52. The number of rotatable bonds is 11. The van der Waals surface area contributed by atoms with E-state index in [9.17, 15) is 10.5 Å². The molecule has 1 aliphatic rings. The maximum Gasteiger partial charge on any atom is 0.137 e. The first kappa shape index (κ1) is 25.0. The Kier molecular flexibility index (Phi) is 10.3. The number of anilines is 1. The Morgan fingerprint density at radius 2 is 1.62 bits per heavy atom. The topological polar surface area (TPSA) is 63.3 Å². The molecule has 0 amide bonds. The zero-order chi connectivity index (χ0) is 23.3. The monoisotopic (exact) mass is 430 g/mol. The minimum Gasteiger partial charge on any atom is -0.462 e. The van der Waals surface area contributed by atoms with E-state index in [-0.39, 0.29) is 5.57 Å². The van der Waals surface area contributed by atoms with Crippen molar-refractivity contribution in [2.75, 3.05) is 38.6 Å². The summed E-state index contributed by atoms with van der Waals surface area (Å²) in [4.78, 5) is 4.49. The number of benzene rings is 1. The summed E-state index contributed by atoms with van der Waals surface area (Å²) in [6, 6.07) is 12.2. The number of ether oxygens (including phenoxy) is 1. The fourth-order valence-electron chi connectivity index (χ4n) is 3.50. The van der Waals surface area contributed by atoms with Crippen LogP contribution in [0.4, 0.5) is 5.69 Å². The van der Waals surface area contributed by atoms with Crippen LogP contribution in [0.5, 0.6) is 0 Å². The Morgan fingerprint density at radius 1 is 0.938 bits per heavy atom. The Bertz CT molecular complexity index is 933. The van der Waals surface area contributed by atoms with Crippen LogP contribution < -0.4 is 4.90 Å². The van der Waals surface area contributed by atoms with Gasteiger partial charge in [-0.2, -0.15) is 10.5 Å². The fourth-order valence-corrected chi connectivity index (χ4v) is 3.50. The van der Waals surface area contributed by atoms with Crippen LogP contribution in [0, 0.1) is 22.7 Å². The molecule has 0 radical (unpaired) electrons. The third kappa shape index (κ3) is 7.76. The molecule has 168 valence electrons. The third-order valence-corrected chi connectivity index (χ3v) is 5.52. The zero-order valence-electron chi connectivity index (χ0n) is 19.8. The van der Waals surface area contributed by atoms with Gasteiger partial charge in [-0.25, -0.2) is 0 Å². The number of nitrogens with zero attached hydrogens (tertiary/aromatic N) is 4. The van der Waals surface area contributed by atoms with Crippen molar-refractivity contribution >= 4 is 11.8 Å². The van der Waals surface area contributed by atoms with Crippen LogP contribution in [-0.4, -0.2) is 38.6 Å². The van der Waals surface area contributed by atoms with Crippen molar-refractivity contribution in [3.8, 4) is 12.1 Å². The fraction of sp³-hybridized carbons (Fsp3) is 0.407. The van der Waals surface area contributed by atoms with Gasteiger partial charge < -0.3 is 14.5 Å². The van der Waals surface area contributed by atoms with Crippen LogP contribution in [0.25, 0.3) is 6.08 Å². The number of unbranched alkanes of at least 4 members (excludes halogenated alkanes) is 2. The van der Waals surface area contributed by atoms with E-state index < -0.39 is 0 Å². The minimum atomic E-state index is 0.105. The average Bonchev–Trinajstić information content (AvgIpc) is 2.81. The first-order valence-corrected chi connectivity index (χ1v) is 11.3. The maximum absolute atomic E-state index is 9.32. The van der Waals surface area contributed by atoms with Gasteiger partial charge in [0.05, 0.1) is 0 Å². The molecule has 32 heavy (non-hydrogen) atoms. The van der Waals surface area contributed by atoms with Gasteiger partial charge in [-0.05, 0) is 68.4 Å². The standard InChI is InChI=1S/C27H34N4O/c1-5-31(6-2)17-9-7-8-10-26-18-23(24(20-28)21-29)19-27(32-26)16-13-22-11-14-25(15-12-22)30(3)4/h11-16,18-19H,5-10,17H2,1-4H3/b16-13+. The molecule has 0 unspecified atom stereocenters. The van der Waals surface area contributed by atoms with Crippen LogP contribution in [0.15, 0.2) is 65.2 Å². The second kappa shape index (κ2) is 13.2. The molecule has 1 aromatic rings. The van der Waals surface area contributed by atoms with E-state index in [1.165, 1.54) is 0 Å². The molecule has 2 rings (SSSR count). The summed E-state index contributed by atoms with van der Waals surface area (Å²) in [6.45, 7) is 7.67. The molecule has 0 fully saturated rings. The average molecular weight is 431 g/mol. The lowest BCUT2D eigenvalue weighted by molar-refractivity contribution is 0.284. The van der Waals surface area contributed by atoms with Crippen molar-refractivity contribution in [1.82, 2.24) is 4.90 Å². The predicted molar refractivity (Wildman–Crippen MR) is 132 cm³/mol. The molecule has 0 saturated carbocycles. The van der Waals surface area contributed by atoms with Gasteiger partial charge in [0.1, 0.15) is 29.2 Å². The summed E-state index contributed by atoms with van der Waals surface area (Å²) in [7, 11) is 4.03. The van der Waals surface area contributed by atoms with Gasteiger partial charge in [0, 0.05) is 31.8 Å². The van der Waals surface area contributed by atoms with Gasteiger partial charge in [-0.15, -0.1) is 0 Å². The molecule has 1 aliphatic heterocycles. The number of nitriles is 2. The van der Waals surface area contributed by atoms with Gasteiger partial charge in [0.15, 0.2) is 0 Å². The molecular formula is C27H34N4O. The summed E-state index contributed by atoms with van der Waals surface area (Å²) < 4.78 is 6.07. The molecule has 0 aliphatic carbocycles. The molecule has 0 spiro atoms. The van der Waals surface area contributed by atoms with Crippen LogP contribution in [0.2, 0.25) is 0 Å². The number of hydrogen-bond acceptors (Lipinski definition) is 5. The molecule has 1 heterocycles. The molecule has 0 atom stereocenters. The smallest absolute Gasteiger partial charge is 0.137 e. The number of allylic oxidation sites excluding steroid dienone is 6. The Labute approximate surface area is 193 Å². The summed E-state index contributed by atoms with van der Waals surface area (Å²) in [5, 5.41) is 18.6. The van der Waals surface area contributed by atoms with Crippen LogP contribution in [0.1, 0.15) is 45.1 Å². The molecule has 0 saturated heterocycles. The van der Waals surface area contributed by atoms with Gasteiger partial charge >= 0.3 is 0 Å². The highest BCUT2D eigenvalue weighted by atomic mass is 16.5. The highest BCUT2D eigenvalue weighted by Gasteiger charge is 2.13. The molecule has 5 heteroatoms. The molecule has 5 nitrogen and oxygen atoms in total. The normalized spacial score (nSPS) is 13.3. The first-order valence-electron chi connectivity index (χ1n) is 11.3. The summed E-state index contributed by atoms with van der Waals surface area (Å²) >= 11 is 0. The quantitative estimate of drug-likeness (QED) is 0.327. The zero-order valence-corrected chi connectivity index (χ0v) is 19.8. The maximum atomic E-state index is 9.32. The second-order valence-corrected chi connectivity index (χ2v) is 7.97. The van der Waals surface area contributed by atoms with Gasteiger partial charge in [0.2, 0.25) is 0 Å². The minimum absolute atomic E-state index is 0.105. The van der Waals surface area contributed by atoms with Gasteiger partial charge in [0.25, 0.3) is 0 Å². The summed E-state index contributed by atoms with van der Waals surface area (Å²) in [5.74, 6) is 1.44. The van der Waals surface area contributed by atoms with E-state index in [1.54, 1.807) is 6.08 Å². The van der Waals surface area contributed by atoms with Crippen molar-refractivity contribution < 1.29 is 4.74 Å². The Morgan fingerprint density at radius 3 is 2.22 bits per heavy atom. The lowest BCUT2D eigenvalue weighted by Gasteiger charge is -2.18. The van der Waals surface area contributed by atoms with Crippen LogP contribution >= 0.6 is 0 Å². The van der Waals surface area contributed by atoms with Crippen molar-refractivity contribution in [2.24, 2.45) is 0 Å². The molecule has 1 aromatic carbocycles. The van der Waals surface area contributed by atoms with E-state index in [2.05, 4.69) is 47.9 Å².